The van der Waals surface area contributed by atoms with Crippen LogP contribution in [0.5, 0.6) is 5.75 Å². The van der Waals surface area contributed by atoms with Crippen LogP contribution in [0.3, 0.4) is 0 Å². The average molecular weight is 603 g/mol. The molecule has 38 heavy (non-hydrogen) atoms. The van der Waals surface area contributed by atoms with E-state index in [2.05, 4.69) is 0 Å². The summed E-state index contributed by atoms with van der Waals surface area (Å²) in [5.41, 5.74) is -0.193. The molecule has 0 aliphatic heterocycles. The first-order valence-corrected chi connectivity index (χ1v) is 23.6. The number of hydrogen-bond acceptors (Lipinski definition) is 7. The molecule has 0 bridgehead atoms. The van der Waals surface area contributed by atoms with E-state index in [1.54, 1.807) is 0 Å². The predicted octanol–water partition coefficient (Wildman–Crippen LogP) is 7.80. The van der Waals surface area contributed by atoms with Crippen molar-refractivity contribution in [3.8, 4) is 5.75 Å². The Morgan fingerprint density at radius 1 is 0.658 bits per heavy atom. The van der Waals surface area contributed by atoms with Crippen molar-refractivity contribution in [2.24, 2.45) is 0 Å². The zero-order chi connectivity index (χ0) is 30.5. The molecule has 11 heteroatoms. The third kappa shape index (κ3) is 7.60. The third-order valence-corrected chi connectivity index (χ3v) is 22.5. The van der Waals surface area contributed by atoms with Gasteiger partial charge >= 0.3 is 11.9 Å². The highest BCUT2D eigenvalue weighted by Gasteiger charge is 2.46. The molecule has 0 radical (unpaired) electrons. The van der Waals surface area contributed by atoms with Gasteiger partial charge in [0.2, 0.25) is 0 Å². The van der Waals surface area contributed by atoms with Crippen LogP contribution in [0.4, 0.5) is 0 Å². The van der Waals surface area contributed by atoms with Crippen molar-refractivity contribution in [2.75, 3.05) is 6.26 Å². The van der Waals surface area contributed by atoms with Crippen LogP contribution in [0.25, 0.3) is 0 Å². The zero-order valence-corrected chi connectivity index (χ0v) is 30.2. The van der Waals surface area contributed by atoms with Crippen LogP contribution in [0.2, 0.25) is 54.4 Å². The van der Waals surface area contributed by atoms with Crippen LogP contribution in [-0.2, 0) is 18.7 Å². The fourth-order valence-corrected chi connectivity index (χ4v) is 6.26. The van der Waals surface area contributed by atoms with E-state index in [9.17, 15) is 18.0 Å². The molecule has 0 saturated heterocycles. The predicted molar refractivity (Wildman–Crippen MR) is 163 cm³/mol. The molecule has 1 aromatic rings. The number of carbonyl (C=O) groups excluding carboxylic acids is 2. The molecular weight excluding hydrogens is 553 g/mol. The fraction of sp³-hybridized carbons (Fsp3) is 0.704. The highest BCUT2D eigenvalue weighted by Crippen LogP contribution is 2.44. The second-order valence-corrected chi connectivity index (χ2v) is 30.9. The Balaban J connectivity index is 4.09. The van der Waals surface area contributed by atoms with Gasteiger partial charge in [0.1, 0.15) is 11.3 Å². The zero-order valence-electron chi connectivity index (χ0n) is 26.4. The summed E-state index contributed by atoms with van der Waals surface area (Å²) >= 11 is 0. The van der Waals surface area contributed by atoms with Crippen LogP contribution in [-0.4, -0.2) is 51.6 Å². The number of carbonyl (C=O) groups is 2. The molecule has 1 rings (SSSR count). The monoisotopic (exact) mass is 602 g/mol. The maximum atomic E-state index is 13.9. The van der Waals surface area contributed by atoms with Crippen molar-refractivity contribution >= 4 is 46.7 Å². The number of sulfone groups is 1. The molecule has 0 aliphatic carbocycles. The average Bonchev–Trinajstić information content (AvgIpc) is 2.62. The summed E-state index contributed by atoms with van der Waals surface area (Å²) in [6.07, 6.45) is 1.04. The minimum atomic E-state index is -3.88. The van der Waals surface area contributed by atoms with E-state index >= 15 is 0 Å². The van der Waals surface area contributed by atoms with E-state index in [1.165, 1.54) is 12.1 Å². The lowest BCUT2D eigenvalue weighted by Crippen LogP contribution is -2.46. The van der Waals surface area contributed by atoms with Gasteiger partial charge in [-0.05, 0) is 66.5 Å². The molecule has 0 saturated carbocycles. The highest BCUT2D eigenvalue weighted by atomic mass is 32.2. The Hall–Kier alpha value is -1.44. The van der Waals surface area contributed by atoms with E-state index < -0.39 is 46.7 Å². The van der Waals surface area contributed by atoms with Gasteiger partial charge in [-0.3, -0.25) is 0 Å². The van der Waals surface area contributed by atoms with Gasteiger partial charge in [0.05, 0.1) is 10.5 Å². The molecule has 0 N–H and O–H groups in total. The number of hydrogen-bond donors (Lipinski definition) is 0. The number of rotatable bonds is 7. The maximum absolute atomic E-state index is 13.9. The van der Waals surface area contributed by atoms with Crippen LogP contribution < -0.4 is 4.43 Å². The molecule has 0 aliphatic rings. The van der Waals surface area contributed by atoms with E-state index in [0.717, 1.165) is 6.26 Å². The van der Waals surface area contributed by atoms with E-state index in [1.807, 2.05) is 102 Å². The van der Waals surface area contributed by atoms with Gasteiger partial charge in [-0.1, -0.05) is 62.3 Å². The number of benzene rings is 1. The highest BCUT2D eigenvalue weighted by molar-refractivity contribution is 7.90. The standard InChI is InChI=1S/C27H50O7SSi3/c1-25(2,3)36(11,12)32-22-19(23(28)33-37(13,14)26(4,5)6)17-18-20(35(10,30)31)21(22)24(29)34-38(15,16)27(7,8)9/h17-18H,1-16H3. The first kappa shape index (κ1) is 34.6. The van der Waals surface area contributed by atoms with Crippen LogP contribution >= 0.6 is 0 Å². The minimum absolute atomic E-state index is 0.0363. The van der Waals surface area contributed by atoms with Crippen LogP contribution in [0.1, 0.15) is 83.0 Å². The first-order chi connectivity index (χ1) is 16.5. The lowest BCUT2D eigenvalue weighted by Gasteiger charge is -2.39. The summed E-state index contributed by atoms with van der Waals surface area (Å²) < 4.78 is 44.6. The van der Waals surface area contributed by atoms with Gasteiger partial charge in [-0.25, -0.2) is 18.0 Å². The van der Waals surface area contributed by atoms with Crippen molar-refractivity contribution < 1.29 is 31.3 Å². The molecule has 0 atom stereocenters. The largest absolute Gasteiger partial charge is 0.542 e. The summed E-state index contributed by atoms with van der Waals surface area (Å²) in [6.45, 7) is 29.8. The Labute approximate surface area is 234 Å². The Kier molecular flexibility index (Phi) is 9.57. The first-order valence-electron chi connectivity index (χ1n) is 13.0. The molecule has 0 fully saturated rings. The van der Waals surface area contributed by atoms with Crippen LogP contribution in [0, 0.1) is 0 Å². The van der Waals surface area contributed by atoms with Gasteiger partial charge in [0.25, 0.3) is 25.0 Å². The topological polar surface area (TPSA) is 96.0 Å². The van der Waals surface area contributed by atoms with Crippen molar-refractivity contribution in [2.45, 2.75) is 122 Å². The van der Waals surface area contributed by atoms with Crippen molar-refractivity contribution in [1.82, 2.24) is 0 Å². The normalized spacial score (nSPS) is 14.2. The molecule has 218 valence electrons. The molecule has 0 heterocycles. The Morgan fingerprint density at radius 2 is 1.03 bits per heavy atom. The SMILES string of the molecule is CC(C)(C)[Si](C)(C)OC(=O)c1ccc(S(C)(=O)=O)c(C(=O)O[Si](C)(C)C(C)(C)C)c1O[Si](C)(C)C(C)(C)C. The lowest BCUT2D eigenvalue weighted by molar-refractivity contribution is 0.0705. The summed E-state index contributed by atoms with van der Waals surface area (Å²) in [5.74, 6) is -1.49. The van der Waals surface area contributed by atoms with E-state index in [-0.39, 0.29) is 36.9 Å². The molecule has 7 nitrogen and oxygen atoms in total. The molecule has 0 spiro atoms. The van der Waals surface area contributed by atoms with Gasteiger partial charge in [0, 0.05) is 6.26 Å². The van der Waals surface area contributed by atoms with Crippen molar-refractivity contribution in [3.63, 3.8) is 0 Å². The molecule has 0 unspecified atom stereocenters. The summed E-state index contributed by atoms with van der Waals surface area (Å²) in [5, 5.41) is -0.859. The smallest absolute Gasteiger partial charge is 0.329 e. The van der Waals surface area contributed by atoms with Crippen LogP contribution in [0.15, 0.2) is 17.0 Å². The third-order valence-electron chi connectivity index (χ3n) is 8.41. The fourth-order valence-electron chi connectivity index (χ4n) is 2.62. The molecule has 0 amide bonds. The van der Waals surface area contributed by atoms with Crippen molar-refractivity contribution in [1.29, 1.82) is 0 Å². The maximum Gasteiger partial charge on any atom is 0.329 e. The van der Waals surface area contributed by atoms with E-state index in [4.69, 9.17) is 13.3 Å². The Bertz CT molecular complexity index is 1180. The van der Waals surface area contributed by atoms with Crippen molar-refractivity contribution in [3.05, 3.63) is 23.3 Å². The van der Waals surface area contributed by atoms with Gasteiger partial charge in [-0.2, -0.15) is 0 Å². The van der Waals surface area contributed by atoms with Gasteiger partial charge in [0.15, 0.2) is 9.84 Å². The molecular formula is C27H50O7SSi3. The van der Waals surface area contributed by atoms with Gasteiger partial charge in [-0.15, -0.1) is 0 Å². The second-order valence-electron chi connectivity index (χ2n) is 14.7. The van der Waals surface area contributed by atoms with Gasteiger partial charge < -0.3 is 13.3 Å². The quantitative estimate of drug-likeness (QED) is 0.294. The van der Waals surface area contributed by atoms with E-state index in [0.29, 0.717) is 0 Å². The second kappa shape index (κ2) is 10.5. The Morgan fingerprint density at radius 3 is 1.37 bits per heavy atom. The summed E-state index contributed by atoms with van der Waals surface area (Å²) in [4.78, 5) is 27.4. The summed E-state index contributed by atoms with van der Waals surface area (Å²) in [7, 11) is -11.7. The molecule has 1 aromatic carbocycles. The minimum Gasteiger partial charge on any atom is -0.542 e. The molecule has 0 aromatic heterocycles. The lowest BCUT2D eigenvalue weighted by atomic mass is 10.1. The summed E-state index contributed by atoms with van der Waals surface area (Å²) in [6, 6.07) is 2.69.